The average molecular weight is 269 g/mol. The van der Waals surface area contributed by atoms with Gasteiger partial charge >= 0.3 is 0 Å². The highest BCUT2D eigenvalue weighted by Crippen LogP contribution is 2.20. The zero-order chi connectivity index (χ0) is 13.8. The molecule has 1 atom stereocenters. The van der Waals surface area contributed by atoms with Crippen molar-refractivity contribution in [3.63, 3.8) is 0 Å². The first-order chi connectivity index (χ1) is 8.38. The molecule has 0 aromatic heterocycles. The standard InChI is InChI=1S/C14H23NO2S/c1-5-15-14(10-18(16,17)11(2)3)13-9-7-6-8-12(13)4/h6-9,11,14-15H,5,10H2,1-4H3. The summed E-state index contributed by atoms with van der Waals surface area (Å²) in [6.45, 7) is 8.23. The van der Waals surface area contributed by atoms with Crippen molar-refractivity contribution in [2.75, 3.05) is 12.3 Å². The minimum Gasteiger partial charge on any atom is -0.309 e. The van der Waals surface area contributed by atoms with Gasteiger partial charge in [-0.25, -0.2) is 8.42 Å². The van der Waals surface area contributed by atoms with Gasteiger partial charge in [0, 0.05) is 6.04 Å². The van der Waals surface area contributed by atoms with E-state index in [1.165, 1.54) is 0 Å². The van der Waals surface area contributed by atoms with Crippen LogP contribution in [0.4, 0.5) is 0 Å². The third-order valence-corrected chi connectivity index (χ3v) is 5.37. The molecular formula is C14H23NO2S. The topological polar surface area (TPSA) is 46.2 Å². The van der Waals surface area contributed by atoms with Gasteiger partial charge in [0.1, 0.15) is 0 Å². The van der Waals surface area contributed by atoms with E-state index in [0.29, 0.717) is 0 Å². The highest BCUT2D eigenvalue weighted by molar-refractivity contribution is 7.92. The summed E-state index contributed by atoms with van der Waals surface area (Å²) in [5, 5.41) is 2.94. The minimum atomic E-state index is -3.05. The van der Waals surface area contributed by atoms with Crippen molar-refractivity contribution < 1.29 is 8.42 Å². The largest absolute Gasteiger partial charge is 0.309 e. The molecule has 0 radical (unpaired) electrons. The van der Waals surface area contributed by atoms with E-state index in [2.05, 4.69) is 5.32 Å². The molecule has 0 bridgehead atoms. The molecule has 1 aromatic carbocycles. The summed E-state index contributed by atoms with van der Waals surface area (Å²) >= 11 is 0. The number of rotatable bonds is 6. The van der Waals surface area contributed by atoms with Crippen LogP contribution in [0.25, 0.3) is 0 Å². The number of sulfone groups is 1. The normalized spacial score (nSPS) is 13.8. The van der Waals surface area contributed by atoms with Crippen LogP contribution in [0.15, 0.2) is 24.3 Å². The SMILES string of the molecule is CCNC(CS(=O)(=O)C(C)C)c1ccccc1C. The Morgan fingerprint density at radius 2 is 1.83 bits per heavy atom. The Labute approximate surface area is 111 Å². The van der Waals surface area contributed by atoms with Crippen molar-refractivity contribution in [1.82, 2.24) is 5.32 Å². The zero-order valence-electron chi connectivity index (χ0n) is 11.6. The molecule has 3 nitrogen and oxygen atoms in total. The van der Waals surface area contributed by atoms with Crippen LogP contribution in [0.3, 0.4) is 0 Å². The van der Waals surface area contributed by atoms with Crippen molar-refractivity contribution in [2.24, 2.45) is 0 Å². The van der Waals surface area contributed by atoms with Gasteiger partial charge in [-0.05, 0) is 38.4 Å². The van der Waals surface area contributed by atoms with E-state index in [1.807, 2.05) is 38.1 Å². The van der Waals surface area contributed by atoms with E-state index in [1.54, 1.807) is 13.8 Å². The second kappa shape index (κ2) is 6.34. The quantitative estimate of drug-likeness (QED) is 0.863. The van der Waals surface area contributed by atoms with E-state index in [4.69, 9.17) is 0 Å². The molecule has 0 aliphatic rings. The van der Waals surface area contributed by atoms with Crippen LogP contribution in [0.5, 0.6) is 0 Å². The summed E-state index contributed by atoms with van der Waals surface area (Å²) in [5.74, 6) is 0.156. The van der Waals surface area contributed by atoms with Crippen LogP contribution in [0, 0.1) is 6.92 Å². The smallest absolute Gasteiger partial charge is 0.154 e. The second-order valence-electron chi connectivity index (χ2n) is 4.85. The van der Waals surface area contributed by atoms with Gasteiger partial charge in [0.15, 0.2) is 9.84 Å². The molecule has 0 saturated carbocycles. The number of aryl methyl sites for hydroxylation is 1. The van der Waals surface area contributed by atoms with Gasteiger partial charge in [0.25, 0.3) is 0 Å². The first kappa shape index (κ1) is 15.2. The fourth-order valence-corrected chi connectivity index (χ4v) is 3.05. The molecule has 0 heterocycles. The lowest BCUT2D eigenvalue weighted by Crippen LogP contribution is -2.31. The van der Waals surface area contributed by atoms with Crippen LogP contribution in [-0.4, -0.2) is 26.0 Å². The first-order valence-corrected chi connectivity index (χ1v) is 8.10. The molecule has 0 aliphatic heterocycles. The van der Waals surface area contributed by atoms with E-state index in [0.717, 1.165) is 17.7 Å². The monoisotopic (exact) mass is 269 g/mol. The molecule has 1 unspecified atom stereocenters. The lowest BCUT2D eigenvalue weighted by atomic mass is 10.0. The number of hydrogen-bond donors (Lipinski definition) is 1. The molecule has 1 N–H and O–H groups in total. The Hall–Kier alpha value is -0.870. The highest BCUT2D eigenvalue weighted by atomic mass is 32.2. The molecule has 0 fully saturated rings. The average Bonchev–Trinajstić information content (AvgIpc) is 2.28. The van der Waals surface area contributed by atoms with Crippen LogP contribution in [-0.2, 0) is 9.84 Å². The fraction of sp³-hybridized carbons (Fsp3) is 0.571. The molecule has 0 aliphatic carbocycles. The van der Waals surface area contributed by atoms with Gasteiger partial charge in [-0.3, -0.25) is 0 Å². The fourth-order valence-electron chi connectivity index (χ4n) is 1.91. The van der Waals surface area contributed by atoms with Crippen molar-refractivity contribution in [1.29, 1.82) is 0 Å². The highest BCUT2D eigenvalue weighted by Gasteiger charge is 2.23. The Kier molecular flexibility index (Phi) is 5.35. The molecular weight excluding hydrogens is 246 g/mol. The van der Waals surface area contributed by atoms with E-state index in [-0.39, 0.29) is 17.0 Å². The zero-order valence-corrected chi connectivity index (χ0v) is 12.4. The van der Waals surface area contributed by atoms with Crippen molar-refractivity contribution in [3.05, 3.63) is 35.4 Å². The van der Waals surface area contributed by atoms with Gasteiger partial charge < -0.3 is 5.32 Å². The molecule has 4 heteroatoms. The van der Waals surface area contributed by atoms with Crippen LogP contribution in [0.1, 0.15) is 37.9 Å². The van der Waals surface area contributed by atoms with Gasteiger partial charge in [-0.15, -0.1) is 0 Å². The molecule has 102 valence electrons. The summed E-state index contributed by atoms with van der Waals surface area (Å²) in [6.07, 6.45) is 0. The van der Waals surface area contributed by atoms with E-state index in [9.17, 15) is 8.42 Å². The van der Waals surface area contributed by atoms with E-state index < -0.39 is 9.84 Å². The van der Waals surface area contributed by atoms with Gasteiger partial charge in [0.2, 0.25) is 0 Å². The minimum absolute atomic E-state index is 0.122. The van der Waals surface area contributed by atoms with Crippen molar-refractivity contribution in [3.8, 4) is 0 Å². The van der Waals surface area contributed by atoms with Gasteiger partial charge in [0.05, 0.1) is 11.0 Å². The van der Waals surface area contributed by atoms with Crippen LogP contribution >= 0.6 is 0 Å². The van der Waals surface area contributed by atoms with Gasteiger partial charge in [-0.2, -0.15) is 0 Å². The summed E-state index contributed by atoms with van der Waals surface area (Å²) in [5.41, 5.74) is 2.20. The van der Waals surface area contributed by atoms with E-state index >= 15 is 0 Å². The summed E-state index contributed by atoms with van der Waals surface area (Å²) in [4.78, 5) is 0. The summed E-state index contributed by atoms with van der Waals surface area (Å²) < 4.78 is 24.1. The Morgan fingerprint density at radius 1 is 1.22 bits per heavy atom. The third kappa shape index (κ3) is 3.82. The van der Waals surface area contributed by atoms with Crippen LogP contribution in [0.2, 0.25) is 0 Å². The van der Waals surface area contributed by atoms with Crippen molar-refractivity contribution in [2.45, 2.75) is 39.0 Å². The number of nitrogens with one attached hydrogen (secondary N) is 1. The predicted octanol–water partition coefficient (Wildman–Crippen LogP) is 2.47. The molecule has 1 rings (SSSR count). The second-order valence-corrected chi connectivity index (χ2v) is 7.45. The maximum absolute atomic E-state index is 12.1. The van der Waals surface area contributed by atoms with Crippen molar-refractivity contribution >= 4 is 9.84 Å². The molecule has 1 aromatic rings. The van der Waals surface area contributed by atoms with Gasteiger partial charge in [-0.1, -0.05) is 31.2 Å². The molecule has 0 saturated heterocycles. The Balaban J connectivity index is 3.01. The molecule has 0 amide bonds. The van der Waals surface area contributed by atoms with Crippen LogP contribution < -0.4 is 5.32 Å². The first-order valence-electron chi connectivity index (χ1n) is 6.39. The summed E-state index contributed by atoms with van der Waals surface area (Å²) in [6, 6.07) is 7.82. The maximum atomic E-state index is 12.1. The Bertz CT molecular complexity index is 480. The summed E-state index contributed by atoms with van der Waals surface area (Å²) in [7, 11) is -3.05. The third-order valence-electron chi connectivity index (χ3n) is 3.13. The lowest BCUT2D eigenvalue weighted by Gasteiger charge is -2.21. The predicted molar refractivity (Wildman–Crippen MR) is 76.5 cm³/mol. The lowest BCUT2D eigenvalue weighted by molar-refractivity contribution is 0.552. The molecule has 0 spiro atoms. The Morgan fingerprint density at radius 3 is 2.33 bits per heavy atom. The maximum Gasteiger partial charge on any atom is 0.154 e. The number of hydrogen-bond acceptors (Lipinski definition) is 3. The molecule has 18 heavy (non-hydrogen) atoms. The number of benzene rings is 1.